The molecule has 1 fully saturated rings. The first-order valence-corrected chi connectivity index (χ1v) is 7.43. The third-order valence-corrected chi connectivity index (χ3v) is 3.95. The van der Waals surface area contributed by atoms with Crippen molar-refractivity contribution < 1.29 is 24.5 Å². The molecule has 1 aliphatic heterocycles. The molecule has 10 heteroatoms. The average molecular weight is 343 g/mol. The van der Waals surface area contributed by atoms with Crippen LogP contribution in [0.15, 0.2) is 15.8 Å². The van der Waals surface area contributed by atoms with Crippen molar-refractivity contribution in [1.82, 2.24) is 14.9 Å². The van der Waals surface area contributed by atoms with E-state index >= 15 is 0 Å². The zero-order chi connectivity index (χ0) is 17.9. The summed E-state index contributed by atoms with van der Waals surface area (Å²) in [6, 6.07) is -0.768. The van der Waals surface area contributed by atoms with Crippen molar-refractivity contribution in [2.24, 2.45) is 0 Å². The Hall–Kier alpha value is -2.01. The smallest absolute Gasteiger partial charge is 0.328 e. The maximum absolute atomic E-state index is 12.1. The zero-order valence-corrected chi connectivity index (χ0v) is 13.4. The molecular formula is C14H21N3O7. The van der Waals surface area contributed by atoms with Crippen LogP contribution in [0, 0.1) is 6.92 Å². The van der Waals surface area contributed by atoms with Gasteiger partial charge >= 0.3 is 5.69 Å². The molecule has 1 aromatic rings. The monoisotopic (exact) mass is 343 g/mol. The number of aliphatic hydroxyl groups is 2. The van der Waals surface area contributed by atoms with E-state index in [4.69, 9.17) is 9.47 Å². The molecule has 1 aromatic heterocycles. The predicted octanol–water partition coefficient (Wildman–Crippen LogP) is -2.73. The van der Waals surface area contributed by atoms with Crippen LogP contribution in [0.4, 0.5) is 0 Å². The molecule has 134 valence electrons. The van der Waals surface area contributed by atoms with Crippen LogP contribution in [-0.2, 0) is 14.3 Å². The third-order valence-electron chi connectivity index (χ3n) is 3.95. The molecule has 4 unspecified atom stereocenters. The molecule has 0 spiro atoms. The van der Waals surface area contributed by atoms with E-state index in [0.29, 0.717) is 5.56 Å². The Morgan fingerprint density at radius 3 is 2.88 bits per heavy atom. The lowest BCUT2D eigenvalue weighted by molar-refractivity contribution is -0.188. The van der Waals surface area contributed by atoms with Gasteiger partial charge in [-0.3, -0.25) is 19.1 Å². The summed E-state index contributed by atoms with van der Waals surface area (Å²) in [5.41, 5.74) is -0.884. The van der Waals surface area contributed by atoms with Crippen LogP contribution in [0.5, 0.6) is 0 Å². The van der Waals surface area contributed by atoms with Crippen LogP contribution in [0.3, 0.4) is 0 Å². The summed E-state index contributed by atoms with van der Waals surface area (Å²) in [6.07, 6.45) is -1.78. The van der Waals surface area contributed by atoms with Gasteiger partial charge in [0.1, 0.15) is 24.9 Å². The molecule has 24 heavy (non-hydrogen) atoms. The van der Waals surface area contributed by atoms with E-state index in [-0.39, 0.29) is 13.2 Å². The van der Waals surface area contributed by atoms with Crippen molar-refractivity contribution in [3.8, 4) is 0 Å². The number of ether oxygens (including phenoxy) is 2. The van der Waals surface area contributed by atoms with Gasteiger partial charge in [-0.1, -0.05) is 0 Å². The molecule has 1 saturated heterocycles. The van der Waals surface area contributed by atoms with E-state index in [9.17, 15) is 24.6 Å². The molecular weight excluding hydrogens is 322 g/mol. The van der Waals surface area contributed by atoms with E-state index in [1.54, 1.807) is 0 Å². The zero-order valence-electron chi connectivity index (χ0n) is 13.4. The van der Waals surface area contributed by atoms with Crippen LogP contribution >= 0.6 is 0 Å². The second kappa shape index (κ2) is 7.71. The first-order valence-electron chi connectivity index (χ1n) is 7.43. The van der Waals surface area contributed by atoms with Crippen molar-refractivity contribution in [3.05, 3.63) is 32.6 Å². The lowest BCUT2D eigenvalue weighted by Crippen LogP contribution is -2.55. The fraction of sp³-hybridized carbons (Fsp3) is 0.643. The van der Waals surface area contributed by atoms with Crippen LogP contribution < -0.4 is 16.6 Å². The van der Waals surface area contributed by atoms with Gasteiger partial charge in [0.15, 0.2) is 0 Å². The minimum Gasteiger partial charge on any atom is -0.394 e. The van der Waals surface area contributed by atoms with Gasteiger partial charge in [0.2, 0.25) is 5.91 Å². The number of hydrogen-bond acceptors (Lipinski definition) is 7. The maximum atomic E-state index is 12.1. The predicted molar refractivity (Wildman–Crippen MR) is 81.7 cm³/mol. The second-order valence-corrected chi connectivity index (χ2v) is 5.54. The first-order chi connectivity index (χ1) is 11.4. The number of aromatic amines is 1. The van der Waals surface area contributed by atoms with Crippen molar-refractivity contribution >= 4 is 5.91 Å². The SMILES string of the molecule is CNC(=O)COC1C(O)C(CO)OCC1n1cc(C)c(=O)[nH]c1=O. The number of carbonyl (C=O) groups is 1. The van der Waals surface area contributed by atoms with E-state index < -0.39 is 48.1 Å². The molecule has 1 aliphatic rings. The van der Waals surface area contributed by atoms with Crippen LogP contribution in [-0.4, -0.2) is 70.9 Å². The first kappa shape index (κ1) is 18.3. The minimum absolute atomic E-state index is 0.0356. The van der Waals surface area contributed by atoms with Gasteiger partial charge in [-0.15, -0.1) is 0 Å². The number of likely N-dealkylation sites (N-methyl/N-ethyl adjacent to an activating group) is 1. The summed E-state index contributed by atoms with van der Waals surface area (Å²) in [5.74, 6) is -0.405. The van der Waals surface area contributed by atoms with Gasteiger partial charge in [-0.05, 0) is 6.92 Å². The molecule has 0 radical (unpaired) electrons. The van der Waals surface area contributed by atoms with Crippen molar-refractivity contribution in [2.75, 3.05) is 26.9 Å². The molecule has 2 heterocycles. The number of H-pyrrole nitrogens is 1. The molecule has 2 rings (SSSR count). The number of amides is 1. The number of nitrogens with zero attached hydrogens (tertiary/aromatic N) is 1. The Bertz CT molecular complexity index is 698. The van der Waals surface area contributed by atoms with Crippen LogP contribution in [0.1, 0.15) is 11.6 Å². The summed E-state index contributed by atoms with van der Waals surface area (Å²) in [6.45, 7) is 0.731. The molecule has 10 nitrogen and oxygen atoms in total. The number of aryl methyl sites for hydroxylation is 1. The lowest BCUT2D eigenvalue weighted by Gasteiger charge is -2.39. The number of hydrogen-bond donors (Lipinski definition) is 4. The fourth-order valence-electron chi connectivity index (χ4n) is 2.54. The summed E-state index contributed by atoms with van der Waals surface area (Å²) in [5, 5.41) is 22.0. The average Bonchev–Trinajstić information content (AvgIpc) is 2.56. The lowest BCUT2D eigenvalue weighted by atomic mass is 9.97. The normalized spacial score (nSPS) is 27.0. The summed E-state index contributed by atoms with van der Waals surface area (Å²) < 4.78 is 12.0. The molecule has 4 N–H and O–H groups in total. The van der Waals surface area contributed by atoms with Crippen molar-refractivity contribution in [1.29, 1.82) is 0 Å². The Morgan fingerprint density at radius 2 is 2.25 bits per heavy atom. The Morgan fingerprint density at radius 1 is 1.54 bits per heavy atom. The van der Waals surface area contributed by atoms with Gasteiger partial charge in [0.05, 0.1) is 19.3 Å². The van der Waals surface area contributed by atoms with E-state index in [1.165, 1.54) is 24.7 Å². The number of rotatable bonds is 5. The fourth-order valence-corrected chi connectivity index (χ4v) is 2.54. The molecule has 0 aliphatic carbocycles. The summed E-state index contributed by atoms with van der Waals surface area (Å²) >= 11 is 0. The molecule has 0 saturated carbocycles. The topological polar surface area (TPSA) is 143 Å². The van der Waals surface area contributed by atoms with E-state index in [1.807, 2.05) is 0 Å². The second-order valence-electron chi connectivity index (χ2n) is 5.54. The Balaban J connectivity index is 2.34. The Labute approximate surface area is 137 Å². The minimum atomic E-state index is -1.25. The van der Waals surface area contributed by atoms with Crippen molar-refractivity contribution in [2.45, 2.75) is 31.3 Å². The number of aliphatic hydroxyl groups excluding tert-OH is 2. The standard InChI is InChI=1S/C14H21N3O7/c1-7-3-17(14(22)16-13(7)21)8-5-23-9(4-18)11(20)12(8)24-6-10(19)15-2/h3,8-9,11-12,18,20H,4-6H2,1-2H3,(H,15,19)(H,16,21,22). The molecule has 0 bridgehead atoms. The van der Waals surface area contributed by atoms with Gasteiger partial charge < -0.3 is 25.0 Å². The van der Waals surface area contributed by atoms with Crippen LogP contribution in [0.25, 0.3) is 0 Å². The highest BCUT2D eigenvalue weighted by Crippen LogP contribution is 2.26. The van der Waals surface area contributed by atoms with E-state index in [0.717, 1.165) is 0 Å². The number of carbonyl (C=O) groups excluding carboxylic acids is 1. The summed E-state index contributed by atoms with van der Waals surface area (Å²) in [4.78, 5) is 37.2. The highest BCUT2D eigenvalue weighted by molar-refractivity contribution is 5.76. The van der Waals surface area contributed by atoms with Gasteiger partial charge in [-0.25, -0.2) is 4.79 Å². The maximum Gasteiger partial charge on any atom is 0.328 e. The van der Waals surface area contributed by atoms with Gasteiger partial charge in [-0.2, -0.15) is 0 Å². The highest BCUT2D eigenvalue weighted by atomic mass is 16.5. The Kier molecular flexibility index (Phi) is 5.89. The van der Waals surface area contributed by atoms with Gasteiger partial charge in [0.25, 0.3) is 5.56 Å². The quantitative estimate of drug-likeness (QED) is 0.454. The van der Waals surface area contributed by atoms with E-state index in [2.05, 4.69) is 10.3 Å². The molecule has 1 amide bonds. The number of aromatic nitrogens is 2. The third kappa shape index (κ3) is 3.73. The van der Waals surface area contributed by atoms with Gasteiger partial charge in [0, 0.05) is 18.8 Å². The molecule has 4 atom stereocenters. The number of nitrogens with one attached hydrogen (secondary N) is 2. The van der Waals surface area contributed by atoms with Crippen molar-refractivity contribution in [3.63, 3.8) is 0 Å². The van der Waals surface area contributed by atoms with Crippen LogP contribution in [0.2, 0.25) is 0 Å². The molecule has 0 aromatic carbocycles. The summed E-state index contributed by atoms with van der Waals surface area (Å²) in [7, 11) is 1.44. The highest BCUT2D eigenvalue weighted by Gasteiger charge is 2.41. The largest absolute Gasteiger partial charge is 0.394 e.